The quantitative estimate of drug-likeness (QED) is 0.0397. The fourth-order valence-corrected chi connectivity index (χ4v) is 23.3. The molecule has 0 spiro atoms. The summed E-state index contributed by atoms with van der Waals surface area (Å²) >= 11 is 0. The van der Waals surface area contributed by atoms with Crippen molar-refractivity contribution in [2.75, 3.05) is 138 Å². The van der Waals surface area contributed by atoms with Gasteiger partial charge in [0, 0.05) is 229 Å². The molecule has 9 heterocycles. The van der Waals surface area contributed by atoms with E-state index in [0.717, 1.165) is 296 Å². The van der Waals surface area contributed by atoms with Crippen molar-refractivity contribution in [2.45, 2.75) is 226 Å². The Kier molecular flexibility index (Phi) is 36.2. The molecule has 30 nitrogen and oxygen atoms in total. The number of benzene rings is 8. The van der Waals surface area contributed by atoms with Crippen LogP contribution in [0.15, 0.2) is 208 Å². The highest BCUT2D eigenvalue weighted by Crippen LogP contribution is 2.45. The van der Waals surface area contributed by atoms with Crippen LogP contribution in [0.1, 0.15) is 225 Å². The van der Waals surface area contributed by atoms with Crippen molar-refractivity contribution in [1.82, 2.24) is 45.3 Å². The van der Waals surface area contributed by atoms with Gasteiger partial charge in [0.2, 0.25) is 23.6 Å². The van der Waals surface area contributed by atoms with Crippen LogP contribution in [0.3, 0.4) is 0 Å². The lowest BCUT2D eigenvalue weighted by atomic mass is 9.84. The summed E-state index contributed by atoms with van der Waals surface area (Å²) in [5.41, 5.74) is 26.8. The fourth-order valence-electron chi connectivity index (χ4n) is 23.3. The van der Waals surface area contributed by atoms with Gasteiger partial charge in [0.1, 0.15) is 23.3 Å². The lowest BCUT2D eigenvalue weighted by Gasteiger charge is -2.38. The SMILES string of the molecule is Cc1ccc(C(=O)N=C2Cc3ccc(CN4CCOCC4)cc3N2C2CCC(C(=O)N3CCNCC3)CC2)cc1.Cc1ccc(C(=O)N=C2Cc3ccc(CN4CCOCC4)cc3N2C2CCC(C(=O)NCCO)CC2)cc1.Cc1ccc(C(=O)N=C2Cc3ccc(CN4CCOCC4)cc3N2C2CCC(C(N)=O)CC2)cc1.Cc1ccc(C(=O)N=C2Cc3ccc(Cn4cccn4)cc3N2C2CCC(C(=O)NC(C)C)CC2)cc1. The Labute approximate surface area is 882 Å². The van der Waals surface area contributed by atoms with E-state index in [1.54, 1.807) is 6.20 Å². The number of aryl methyl sites for hydroxylation is 4. The van der Waals surface area contributed by atoms with E-state index in [0.29, 0.717) is 66.9 Å². The number of anilines is 4. The highest BCUT2D eigenvalue weighted by atomic mass is 16.5. The molecule has 0 radical (unpaired) electrons. The van der Waals surface area contributed by atoms with E-state index >= 15 is 0 Å². The lowest BCUT2D eigenvalue weighted by molar-refractivity contribution is -0.137. The van der Waals surface area contributed by atoms with Gasteiger partial charge < -0.3 is 65.5 Å². The minimum absolute atomic E-state index is 0.0237. The number of nitrogens with zero attached hydrogens (tertiary/aromatic N) is 14. The molecule has 790 valence electrons. The molecule has 6 N–H and O–H groups in total. The first-order valence-corrected chi connectivity index (χ1v) is 54.7. The molecule has 4 saturated heterocycles. The summed E-state index contributed by atoms with van der Waals surface area (Å²) in [6, 6.07) is 59.8. The number of morpholine rings is 3. The zero-order valence-corrected chi connectivity index (χ0v) is 88.1. The molecule has 0 unspecified atom stereocenters. The van der Waals surface area contributed by atoms with Gasteiger partial charge in [-0.1, -0.05) is 119 Å². The number of hydrogen-bond donors (Lipinski definition) is 5. The highest BCUT2D eigenvalue weighted by molar-refractivity contribution is 6.16. The van der Waals surface area contributed by atoms with Crippen LogP contribution in [0.2, 0.25) is 0 Å². The van der Waals surface area contributed by atoms with E-state index in [1.165, 1.54) is 44.6 Å². The third kappa shape index (κ3) is 27.3. The largest absolute Gasteiger partial charge is 0.395 e. The van der Waals surface area contributed by atoms with Gasteiger partial charge in [-0.15, -0.1) is 0 Å². The Morgan fingerprint density at radius 1 is 0.387 bits per heavy atom. The summed E-state index contributed by atoms with van der Waals surface area (Å²) in [6.07, 6.45) is 19.9. The van der Waals surface area contributed by atoms with Crippen LogP contribution in [-0.4, -0.2) is 254 Å². The summed E-state index contributed by atoms with van der Waals surface area (Å²) in [5, 5.41) is 22.6. The molecule has 8 aliphatic heterocycles. The first kappa shape index (κ1) is 107. The Morgan fingerprint density at radius 2 is 0.687 bits per heavy atom. The first-order chi connectivity index (χ1) is 72.9. The van der Waals surface area contributed by atoms with Gasteiger partial charge in [0.05, 0.1) is 52.8 Å². The number of aliphatic hydroxyl groups excluding tert-OH is 1. The number of ether oxygens (including phenoxy) is 3. The fraction of sp³-hybridized carbons (Fsp3) is 0.475. The molecule has 12 aliphatic rings. The summed E-state index contributed by atoms with van der Waals surface area (Å²) in [5.74, 6) is 2.72. The number of carbonyl (C=O) groups is 8. The van der Waals surface area contributed by atoms with Gasteiger partial charge in [0.25, 0.3) is 23.6 Å². The van der Waals surface area contributed by atoms with Crippen molar-refractivity contribution in [3.63, 3.8) is 0 Å². The normalized spacial score (nSPS) is 23.0. The first-order valence-electron chi connectivity index (χ1n) is 54.7. The molecule has 4 aliphatic carbocycles. The third-order valence-electron chi connectivity index (χ3n) is 31.7. The number of hydrogen-bond acceptors (Lipinski definition) is 17. The predicted octanol–water partition coefficient (Wildman–Crippen LogP) is 14.9. The molecular weight excluding hydrogens is 1890 g/mol. The van der Waals surface area contributed by atoms with Gasteiger partial charge in [-0.3, -0.25) is 57.7 Å². The molecule has 0 atom stereocenters. The number of amidine groups is 4. The van der Waals surface area contributed by atoms with Crippen molar-refractivity contribution in [2.24, 2.45) is 49.4 Å². The Bertz CT molecular complexity index is 6330. The van der Waals surface area contributed by atoms with Gasteiger partial charge in [-0.2, -0.15) is 25.1 Å². The van der Waals surface area contributed by atoms with Crippen molar-refractivity contribution in [3.05, 3.63) is 277 Å². The van der Waals surface area contributed by atoms with Crippen LogP contribution in [-0.2, 0) is 85.3 Å². The zero-order chi connectivity index (χ0) is 104. The van der Waals surface area contributed by atoms with E-state index in [1.807, 2.05) is 160 Å². The molecule has 150 heavy (non-hydrogen) atoms. The number of nitrogens with two attached hydrogens (primary N) is 1. The Morgan fingerprint density at radius 3 is 0.980 bits per heavy atom. The van der Waals surface area contributed by atoms with Crippen molar-refractivity contribution < 1.29 is 57.7 Å². The monoisotopic (exact) mass is 2030 g/mol. The van der Waals surface area contributed by atoms with Crippen molar-refractivity contribution in [1.29, 1.82) is 0 Å². The maximum atomic E-state index is 13.2. The second kappa shape index (κ2) is 50.8. The summed E-state index contributed by atoms with van der Waals surface area (Å²) in [7, 11) is 0. The summed E-state index contributed by atoms with van der Waals surface area (Å²) in [6.45, 7) is 29.3. The number of carbonyl (C=O) groups excluding carboxylic acids is 8. The van der Waals surface area contributed by atoms with Crippen LogP contribution in [0, 0.1) is 51.4 Å². The Balaban J connectivity index is 0.000000131. The minimum Gasteiger partial charge on any atom is -0.395 e. The number of aliphatic imine (C=N–C) groups is 4. The van der Waals surface area contributed by atoms with Gasteiger partial charge in [-0.25, -0.2) is 0 Å². The average molecular weight is 2030 g/mol. The molecule has 30 heteroatoms. The average Bonchev–Trinajstić information content (AvgIpc) is 1.64. The molecule has 9 aromatic rings. The van der Waals surface area contributed by atoms with Crippen molar-refractivity contribution in [3.8, 4) is 0 Å². The number of primary amides is 1. The molecular formula is C120H148N18O12. The maximum Gasteiger partial charge on any atom is 0.278 e. The maximum absolute atomic E-state index is 13.2. The number of fused-ring (bicyclic) bond motifs is 4. The number of nitrogens with one attached hydrogen (secondary N) is 3. The van der Waals surface area contributed by atoms with Crippen LogP contribution >= 0.6 is 0 Å². The molecule has 4 saturated carbocycles. The van der Waals surface area contributed by atoms with Crippen LogP contribution in [0.5, 0.6) is 0 Å². The van der Waals surface area contributed by atoms with Gasteiger partial charge in [-0.05, 0) is 268 Å². The topological polar surface area (TPSA) is 340 Å². The summed E-state index contributed by atoms with van der Waals surface area (Å²) in [4.78, 5) is 140. The molecule has 1 aromatic heterocycles. The Hall–Kier alpha value is -12.9. The molecule has 8 aromatic carbocycles. The number of aliphatic hydroxyl groups is 1. The van der Waals surface area contributed by atoms with E-state index in [9.17, 15) is 38.4 Å². The second-order valence-corrected chi connectivity index (χ2v) is 42.9. The van der Waals surface area contributed by atoms with Gasteiger partial charge in [0.15, 0.2) is 0 Å². The predicted molar refractivity (Wildman–Crippen MR) is 587 cm³/mol. The standard InChI is InChI=1S/C32H41N5O3.C30H35N5O2.C30H38N4O4.C28H34N4O3/c1-23-2-5-25(6-3-23)31(38)34-30-21-27-7-4-24(22-35-16-18-40-19-17-35)20-29(27)37(30)28-10-8-26(9-11-28)32(39)36-14-12-33-13-15-36;1-20(2)32-29(36)24-11-13-26(14-12-24)35-27-17-22(19-34-16-4-15-31-34)7-10-25(27)18-28(35)33-30(37)23-8-5-21(3)6-9-23;1-21-2-5-24(6-3-21)30(37)32-28-19-25-7-4-22(20-33-13-16-38-17-14-33)18-27(25)34(28)26-10-8-23(9-11-26)29(36)31-12-15-35;1-19-2-5-22(6-3-19)28(34)30-26-17-23-7-4-20(18-31-12-14-35-15-13-31)16-25(23)32(26)24-10-8-21(9-11-24)27(29)33/h2-7,20,26,28,33H,8-19,21-22H2,1H3;4-10,15-17,20,24,26H,11-14,18-19H2,1-3H3,(H,32,36);2-7,18,23,26,35H,8-17,19-20H2,1H3,(H,31,36);2-7,16,21,24H,8-15,17-18H2,1H3,(H2,29,33). The van der Waals surface area contributed by atoms with Crippen molar-refractivity contribution >= 4 is 93.3 Å². The second-order valence-electron chi connectivity index (χ2n) is 42.9. The molecule has 21 rings (SSSR count). The number of amides is 8. The zero-order valence-electron chi connectivity index (χ0n) is 88.1. The summed E-state index contributed by atoms with van der Waals surface area (Å²) < 4.78 is 18.5. The smallest absolute Gasteiger partial charge is 0.278 e. The van der Waals surface area contributed by atoms with Crippen LogP contribution in [0.25, 0.3) is 0 Å². The lowest BCUT2D eigenvalue weighted by Crippen LogP contribution is -2.49. The van der Waals surface area contributed by atoms with Crippen LogP contribution in [0.4, 0.5) is 22.7 Å². The number of aromatic nitrogens is 2. The number of rotatable bonds is 23. The molecule has 8 amide bonds. The third-order valence-corrected chi connectivity index (χ3v) is 31.7. The van der Waals surface area contributed by atoms with E-state index in [4.69, 9.17) is 30.0 Å². The molecule has 8 fully saturated rings. The van der Waals surface area contributed by atoms with E-state index in [-0.39, 0.29) is 102 Å². The highest BCUT2D eigenvalue weighted by Gasteiger charge is 2.43. The van der Waals surface area contributed by atoms with Crippen LogP contribution < -0.4 is 41.3 Å². The van der Waals surface area contributed by atoms with Gasteiger partial charge >= 0.3 is 0 Å². The number of piperazine rings is 1. The minimum atomic E-state index is -0.219. The van der Waals surface area contributed by atoms with E-state index < -0.39 is 0 Å². The van der Waals surface area contributed by atoms with E-state index in [2.05, 4.69) is 143 Å². The molecule has 0 bridgehead atoms.